The molecule has 134 valence electrons. The quantitative estimate of drug-likeness (QED) is 0.634. The highest BCUT2D eigenvalue weighted by molar-refractivity contribution is 5.72. The molecule has 0 aliphatic rings. The second-order valence-corrected chi connectivity index (χ2v) is 5.84. The van der Waals surface area contributed by atoms with Gasteiger partial charge in [0, 0.05) is 50.5 Å². The van der Waals surface area contributed by atoms with E-state index in [1.807, 2.05) is 22.9 Å². The molecule has 0 fully saturated rings. The van der Waals surface area contributed by atoms with E-state index in [4.69, 9.17) is 5.11 Å². The lowest BCUT2D eigenvalue weighted by molar-refractivity contribution is -0.135. The minimum absolute atomic E-state index is 0.136. The molecule has 8 nitrogen and oxygen atoms in total. The van der Waals surface area contributed by atoms with Crippen molar-refractivity contribution in [2.75, 3.05) is 18.5 Å². The van der Waals surface area contributed by atoms with Crippen molar-refractivity contribution in [2.24, 2.45) is 0 Å². The second-order valence-electron chi connectivity index (χ2n) is 5.84. The molecule has 3 aromatic rings. The number of benzene rings is 1. The molecule has 0 amide bonds. The first-order valence-corrected chi connectivity index (χ1v) is 8.14. The van der Waals surface area contributed by atoms with Gasteiger partial charge in [0.2, 0.25) is 5.95 Å². The third-order valence-electron chi connectivity index (χ3n) is 3.82. The molecular formula is C18H20N6O2. The summed E-state index contributed by atoms with van der Waals surface area (Å²) in [4.78, 5) is 24.7. The number of hydrogen-bond acceptors (Lipinski definition) is 6. The normalized spacial score (nSPS) is 10.7. The van der Waals surface area contributed by atoms with E-state index in [9.17, 15) is 4.79 Å². The lowest BCUT2D eigenvalue weighted by Crippen LogP contribution is -2.26. The second kappa shape index (κ2) is 8.21. The van der Waals surface area contributed by atoms with Crippen molar-refractivity contribution in [3.05, 3.63) is 66.5 Å². The number of anilines is 1. The van der Waals surface area contributed by atoms with E-state index in [2.05, 4.69) is 32.4 Å². The zero-order valence-corrected chi connectivity index (χ0v) is 14.4. The van der Waals surface area contributed by atoms with Gasteiger partial charge in [-0.25, -0.2) is 15.0 Å². The molecule has 0 radical (unpaired) electrons. The summed E-state index contributed by atoms with van der Waals surface area (Å²) in [5.41, 5.74) is 3.17. The third-order valence-corrected chi connectivity index (χ3v) is 3.82. The Bertz CT molecular complexity index is 848. The first-order chi connectivity index (χ1) is 12.6. The number of carboxylic acid groups (broad SMARTS) is 1. The van der Waals surface area contributed by atoms with Crippen molar-refractivity contribution in [1.82, 2.24) is 24.8 Å². The van der Waals surface area contributed by atoms with Crippen molar-refractivity contribution in [1.29, 1.82) is 0 Å². The van der Waals surface area contributed by atoms with E-state index in [-0.39, 0.29) is 6.54 Å². The number of aromatic nitrogens is 4. The maximum absolute atomic E-state index is 10.7. The Labute approximate surface area is 151 Å². The number of nitrogens with one attached hydrogen (secondary N) is 1. The van der Waals surface area contributed by atoms with Crippen molar-refractivity contribution < 1.29 is 9.90 Å². The van der Waals surface area contributed by atoms with Crippen LogP contribution in [0.25, 0.3) is 5.69 Å². The Morgan fingerprint density at radius 3 is 2.69 bits per heavy atom. The molecule has 1 aromatic carbocycles. The Kier molecular flexibility index (Phi) is 5.55. The van der Waals surface area contributed by atoms with E-state index >= 15 is 0 Å². The van der Waals surface area contributed by atoms with Crippen LogP contribution in [0.4, 0.5) is 5.95 Å². The number of likely N-dealkylation sites (N-methyl/N-ethyl adjacent to an activating group) is 1. The molecule has 0 spiro atoms. The summed E-state index contributed by atoms with van der Waals surface area (Å²) in [5, 5.41) is 12.2. The maximum Gasteiger partial charge on any atom is 0.323 e. The molecule has 0 saturated heterocycles. The number of rotatable bonds is 8. The van der Waals surface area contributed by atoms with Gasteiger partial charge in [0.15, 0.2) is 0 Å². The van der Waals surface area contributed by atoms with Gasteiger partial charge in [0.1, 0.15) is 6.54 Å². The van der Waals surface area contributed by atoms with Crippen molar-refractivity contribution in [2.45, 2.75) is 13.1 Å². The van der Waals surface area contributed by atoms with Gasteiger partial charge >= 0.3 is 5.97 Å². The summed E-state index contributed by atoms with van der Waals surface area (Å²) >= 11 is 0. The zero-order valence-electron chi connectivity index (χ0n) is 14.4. The molecule has 3 rings (SSSR count). The van der Waals surface area contributed by atoms with Crippen LogP contribution in [0, 0.1) is 0 Å². The SMILES string of the molecule is CN(CC(=O)O)c1ncc(CNCc2ccccc2-n2ccnc2)cn1. The molecule has 0 aliphatic heterocycles. The molecule has 26 heavy (non-hydrogen) atoms. The van der Waals surface area contributed by atoms with Crippen molar-refractivity contribution in [3.8, 4) is 5.69 Å². The number of hydrogen-bond donors (Lipinski definition) is 2. The van der Waals surface area contributed by atoms with Gasteiger partial charge in [-0.15, -0.1) is 0 Å². The first kappa shape index (κ1) is 17.6. The van der Waals surface area contributed by atoms with Crippen LogP contribution in [-0.2, 0) is 17.9 Å². The van der Waals surface area contributed by atoms with Gasteiger partial charge in [0.25, 0.3) is 0 Å². The monoisotopic (exact) mass is 352 g/mol. The third kappa shape index (κ3) is 4.42. The Hall–Kier alpha value is -3.26. The highest BCUT2D eigenvalue weighted by atomic mass is 16.4. The standard InChI is InChI=1S/C18H20N6O2/c1-23(12-17(25)26)18-21-9-14(10-22-18)8-20-11-15-4-2-3-5-16(15)24-7-6-19-13-24/h2-7,9-10,13,20H,8,11-12H2,1H3,(H,25,26). The topological polar surface area (TPSA) is 96.2 Å². The van der Waals surface area contributed by atoms with Crippen LogP contribution in [0.15, 0.2) is 55.4 Å². The molecule has 0 atom stereocenters. The van der Waals surface area contributed by atoms with Gasteiger partial charge in [-0.3, -0.25) is 4.79 Å². The van der Waals surface area contributed by atoms with Gasteiger partial charge in [-0.1, -0.05) is 18.2 Å². The highest BCUT2D eigenvalue weighted by Crippen LogP contribution is 2.14. The number of carbonyl (C=O) groups is 1. The van der Waals surface area contributed by atoms with Crippen LogP contribution in [0.2, 0.25) is 0 Å². The zero-order chi connectivity index (χ0) is 18.4. The fourth-order valence-electron chi connectivity index (χ4n) is 2.57. The number of para-hydroxylation sites is 1. The highest BCUT2D eigenvalue weighted by Gasteiger charge is 2.08. The summed E-state index contributed by atoms with van der Waals surface area (Å²) in [5.74, 6) is -0.528. The smallest absolute Gasteiger partial charge is 0.323 e. The summed E-state index contributed by atoms with van der Waals surface area (Å²) in [6.07, 6.45) is 8.85. The van der Waals surface area contributed by atoms with Crippen LogP contribution >= 0.6 is 0 Å². The van der Waals surface area contributed by atoms with Crippen molar-refractivity contribution >= 4 is 11.9 Å². The van der Waals surface area contributed by atoms with Crippen LogP contribution in [-0.4, -0.2) is 44.2 Å². The van der Waals surface area contributed by atoms with Gasteiger partial charge in [-0.2, -0.15) is 0 Å². The lowest BCUT2D eigenvalue weighted by atomic mass is 10.1. The summed E-state index contributed by atoms with van der Waals surface area (Å²) in [7, 11) is 1.65. The molecule has 0 aliphatic carbocycles. The van der Waals surface area contributed by atoms with Crippen molar-refractivity contribution in [3.63, 3.8) is 0 Å². The number of imidazole rings is 1. The minimum Gasteiger partial charge on any atom is -0.480 e. The fourth-order valence-corrected chi connectivity index (χ4v) is 2.57. The van der Waals surface area contributed by atoms with Crippen LogP contribution < -0.4 is 10.2 Å². The summed E-state index contributed by atoms with van der Waals surface area (Å²) in [6.45, 7) is 1.17. The number of carboxylic acids is 1. The van der Waals surface area contributed by atoms with Crippen LogP contribution in [0.5, 0.6) is 0 Å². The number of nitrogens with zero attached hydrogens (tertiary/aromatic N) is 5. The predicted molar refractivity (Wildman–Crippen MR) is 97.0 cm³/mol. The molecular weight excluding hydrogens is 332 g/mol. The molecule has 2 N–H and O–H groups in total. The van der Waals surface area contributed by atoms with E-state index < -0.39 is 5.97 Å². The molecule has 0 saturated carbocycles. The van der Waals surface area contributed by atoms with E-state index in [1.165, 1.54) is 4.90 Å². The molecule has 0 unspecified atom stereocenters. The first-order valence-electron chi connectivity index (χ1n) is 8.14. The average Bonchev–Trinajstić information content (AvgIpc) is 3.16. The van der Waals surface area contributed by atoms with E-state index in [0.717, 1.165) is 16.8 Å². The average molecular weight is 352 g/mol. The Morgan fingerprint density at radius 2 is 2.00 bits per heavy atom. The van der Waals surface area contributed by atoms with Gasteiger partial charge in [0.05, 0.1) is 12.0 Å². The van der Waals surface area contributed by atoms with Gasteiger partial charge in [-0.05, 0) is 11.6 Å². The van der Waals surface area contributed by atoms with Gasteiger partial charge < -0.3 is 19.9 Å². The molecule has 2 heterocycles. The largest absolute Gasteiger partial charge is 0.480 e. The lowest BCUT2D eigenvalue weighted by Gasteiger charge is -2.14. The van der Waals surface area contributed by atoms with Crippen LogP contribution in [0.1, 0.15) is 11.1 Å². The predicted octanol–water partition coefficient (Wildman–Crippen LogP) is 1.47. The molecule has 2 aromatic heterocycles. The molecule has 0 bridgehead atoms. The summed E-state index contributed by atoms with van der Waals surface area (Å²) in [6, 6.07) is 8.13. The van der Waals surface area contributed by atoms with Crippen LogP contribution in [0.3, 0.4) is 0 Å². The Morgan fingerprint density at radius 1 is 1.23 bits per heavy atom. The van der Waals surface area contributed by atoms with E-state index in [0.29, 0.717) is 19.0 Å². The minimum atomic E-state index is -0.918. The fraction of sp³-hybridized carbons (Fsp3) is 0.222. The Balaban J connectivity index is 1.58. The summed E-state index contributed by atoms with van der Waals surface area (Å²) < 4.78 is 1.98. The van der Waals surface area contributed by atoms with E-state index in [1.54, 1.807) is 32.0 Å². The number of aliphatic carboxylic acids is 1. The maximum atomic E-state index is 10.7. The molecule has 8 heteroatoms.